The molecule has 1 N–H and O–H groups in total. The minimum absolute atomic E-state index is 0.511. The highest BCUT2D eigenvalue weighted by atomic mass is 16.5. The SMILES string of the molecule is COCCN(C)c1ccc([C@@H](C)O)nc1. The Morgan fingerprint density at radius 2 is 2.27 bits per heavy atom. The van der Waals surface area contributed by atoms with E-state index in [1.807, 2.05) is 19.2 Å². The van der Waals surface area contributed by atoms with Crippen molar-refractivity contribution in [1.29, 1.82) is 0 Å². The molecule has 0 aliphatic heterocycles. The minimum atomic E-state index is -0.511. The van der Waals surface area contributed by atoms with E-state index in [0.29, 0.717) is 12.3 Å². The molecule has 0 aliphatic rings. The summed E-state index contributed by atoms with van der Waals surface area (Å²) in [6, 6.07) is 3.79. The average Bonchev–Trinajstić information content (AvgIpc) is 2.26. The van der Waals surface area contributed by atoms with Gasteiger partial charge in [-0.25, -0.2) is 0 Å². The van der Waals surface area contributed by atoms with Gasteiger partial charge in [-0.15, -0.1) is 0 Å². The van der Waals surface area contributed by atoms with Gasteiger partial charge in [0.1, 0.15) is 0 Å². The molecule has 0 saturated carbocycles. The maximum atomic E-state index is 9.30. The van der Waals surface area contributed by atoms with E-state index in [0.717, 1.165) is 12.2 Å². The summed E-state index contributed by atoms with van der Waals surface area (Å²) in [6.07, 6.45) is 1.25. The number of nitrogens with zero attached hydrogens (tertiary/aromatic N) is 2. The van der Waals surface area contributed by atoms with Gasteiger partial charge >= 0.3 is 0 Å². The van der Waals surface area contributed by atoms with E-state index in [1.54, 1.807) is 20.2 Å². The molecular formula is C11H18N2O2. The topological polar surface area (TPSA) is 45.6 Å². The largest absolute Gasteiger partial charge is 0.387 e. The van der Waals surface area contributed by atoms with Gasteiger partial charge in [0.25, 0.3) is 0 Å². The number of anilines is 1. The molecule has 4 heteroatoms. The predicted octanol–water partition coefficient (Wildman–Crippen LogP) is 1.22. The lowest BCUT2D eigenvalue weighted by Gasteiger charge is -2.18. The van der Waals surface area contributed by atoms with E-state index in [4.69, 9.17) is 4.74 Å². The lowest BCUT2D eigenvalue weighted by atomic mass is 10.2. The van der Waals surface area contributed by atoms with Crippen LogP contribution in [0.2, 0.25) is 0 Å². The first kappa shape index (κ1) is 11.9. The highest BCUT2D eigenvalue weighted by Crippen LogP contribution is 2.14. The molecule has 0 aliphatic carbocycles. The number of methoxy groups -OCH3 is 1. The van der Waals surface area contributed by atoms with Crippen molar-refractivity contribution in [2.45, 2.75) is 13.0 Å². The Hall–Kier alpha value is -1.13. The molecule has 4 nitrogen and oxygen atoms in total. The molecule has 0 fully saturated rings. The number of aliphatic hydroxyl groups is 1. The zero-order chi connectivity index (χ0) is 11.3. The van der Waals surface area contributed by atoms with Crippen LogP contribution in [0, 0.1) is 0 Å². The minimum Gasteiger partial charge on any atom is -0.387 e. The molecule has 1 rings (SSSR count). The van der Waals surface area contributed by atoms with Crippen molar-refractivity contribution in [1.82, 2.24) is 4.98 Å². The van der Waals surface area contributed by atoms with Crippen LogP contribution in [0.15, 0.2) is 18.3 Å². The molecule has 1 aromatic heterocycles. The monoisotopic (exact) mass is 210 g/mol. The summed E-state index contributed by atoms with van der Waals surface area (Å²) in [5.41, 5.74) is 1.72. The molecule has 1 atom stereocenters. The molecule has 0 unspecified atom stereocenters. The van der Waals surface area contributed by atoms with E-state index >= 15 is 0 Å². The van der Waals surface area contributed by atoms with E-state index in [2.05, 4.69) is 9.88 Å². The Morgan fingerprint density at radius 1 is 1.53 bits per heavy atom. The highest BCUT2D eigenvalue weighted by Gasteiger charge is 2.04. The molecule has 0 saturated heterocycles. The molecule has 1 aromatic rings. The van der Waals surface area contributed by atoms with Gasteiger partial charge in [0.05, 0.1) is 30.3 Å². The number of hydrogen-bond acceptors (Lipinski definition) is 4. The molecular weight excluding hydrogens is 192 g/mol. The number of hydrogen-bond donors (Lipinski definition) is 1. The van der Waals surface area contributed by atoms with E-state index < -0.39 is 6.10 Å². The Labute approximate surface area is 90.5 Å². The molecule has 1 heterocycles. The first-order valence-corrected chi connectivity index (χ1v) is 4.99. The Kier molecular flexibility index (Phi) is 4.52. The van der Waals surface area contributed by atoms with Crippen LogP contribution in [0.3, 0.4) is 0 Å². The van der Waals surface area contributed by atoms with Gasteiger partial charge < -0.3 is 14.7 Å². The quantitative estimate of drug-likeness (QED) is 0.793. The smallest absolute Gasteiger partial charge is 0.0931 e. The second kappa shape index (κ2) is 5.68. The van der Waals surface area contributed by atoms with Crippen molar-refractivity contribution in [3.05, 3.63) is 24.0 Å². The van der Waals surface area contributed by atoms with Crippen LogP contribution >= 0.6 is 0 Å². The predicted molar refractivity (Wildman–Crippen MR) is 60.0 cm³/mol. The van der Waals surface area contributed by atoms with Crippen molar-refractivity contribution in [3.8, 4) is 0 Å². The molecule has 0 amide bonds. The van der Waals surface area contributed by atoms with Crippen LogP contribution in [0.1, 0.15) is 18.7 Å². The molecule has 0 aromatic carbocycles. The maximum absolute atomic E-state index is 9.30. The lowest BCUT2D eigenvalue weighted by molar-refractivity contribution is 0.194. The first-order chi connectivity index (χ1) is 7.15. The number of aliphatic hydroxyl groups excluding tert-OH is 1. The molecule has 0 bridgehead atoms. The summed E-state index contributed by atoms with van der Waals surface area (Å²) >= 11 is 0. The van der Waals surface area contributed by atoms with E-state index in [-0.39, 0.29) is 0 Å². The first-order valence-electron chi connectivity index (χ1n) is 4.99. The maximum Gasteiger partial charge on any atom is 0.0931 e. The number of pyridine rings is 1. The van der Waals surface area contributed by atoms with Crippen molar-refractivity contribution < 1.29 is 9.84 Å². The van der Waals surface area contributed by atoms with Crippen molar-refractivity contribution >= 4 is 5.69 Å². The van der Waals surface area contributed by atoms with Crippen LogP contribution in [0.5, 0.6) is 0 Å². The summed E-state index contributed by atoms with van der Waals surface area (Å²) < 4.78 is 4.99. The second-order valence-corrected chi connectivity index (χ2v) is 3.53. The Morgan fingerprint density at radius 3 is 2.73 bits per heavy atom. The van der Waals surface area contributed by atoms with E-state index in [1.165, 1.54) is 0 Å². The molecule has 15 heavy (non-hydrogen) atoms. The molecule has 0 spiro atoms. The van der Waals surface area contributed by atoms with Crippen molar-refractivity contribution in [2.75, 3.05) is 32.2 Å². The normalized spacial score (nSPS) is 12.5. The third-order valence-electron chi connectivity index (χ3n) is 2.27. The van der Waals surface area contributed by atoms with E-state index in [9.17, 15) is 5.11 Å². The van der Waals surface area contributed by atoms with Crippen LogP contribution in [-0.2, 0) is 4.74 Å². The van der Waals surface area contributed by atoms with Gasteiger partial charge in [0.2, 0.25) is 0 Å². The summed E-state index contributed by atoms with van der Waals surface area (Å²) in [4.78, 5) is 6.23. The third-order valence-corrected chi connectivity index (χ3v) is 2.27. The van der Waals surface area contributed by atoms with Crippen molar-refractivity contribution in [3.63, 3.8) is 0 Å². The number of likely N-dealkylation sites (N-methyl/N-ethyl adjacent to an activating group) is 1. The lowest BCUT2D eigenvalue weighted by Crippen LogP contribution is -2.22. The summed E-state index contributed by atoms with van der Waals surface area (Å²) in [5, 5.41) is 9.30. The van der Waals surface area contributed by atoms with Gasteiger partial charge in [-0.05, 0) is 19.1 Å². The fourth-order valence-corrected chi connectivity index (χ4v) is 1.23. The van der Waals surface area contributed by atoms with Crippen molar-refractivity contribution in [2.24, 2.45) is 0 Å². The van der Waals surface area contributed by atoms with Crippen LogP contribution in [0.25, 0.3) is 0 Å². The summed E-state index contributed by atoms with van der Waals surface area (Å²) in [7, 11) is 3.67. The fourth-order valence-electron chi connectivity index (χ4n) is 1.23. The molecule has 0 radical (unpaired) electrons. The van der Waals surface area contributed by atoms with Gasteiger partial charge in [-0.3, -0.25) is 4.98 Å². The third kappa shape index (κ3) is 3.49. The summed E-state index contributed by atoms with van der Waals surface area (Å²) in [6.45, 7) is 3.22. The standard InChI is InChI=1S/C11H18N2O2/c1-9(14)11-5-4-10(8-12-11)13(2)6-7-15-3/h4-5,8-9,14H,6-7H2,1-3H3/t9-/m1/s1. The molecule has 84 valence electrons. The second-order valence-electron chi connectivity index (χ2n) is 3.53. The Bertz CT molecular complexity index is 285. The zero-order valence-corrected chi connectivity index (χ0v) is 9.47. The van der Waals surface area contributed by atoms with Crippen LogP contribution < -0.4 is 4.90 Å². The number of ether oxygens (including phenoxy) is 1. The van der Waals surface area contributed by atoms with Gasteiger partial charge in [-0.2, -0.15) is 0 Å². The van der Waals surface area contributed by atoms with Gasteiger partial charge in [0, 0.05) is 20.7 Å². The fraction of sp³-hybridized carbons (Fsp3) is 0.545. The number of rotatable bonds is 5. The van der Waals surface area contributed by atoms with Gasteiger partial charge in [-0.1, -0.05) is 0 Å². The van der Waals surface area contributed by atoms with Crippen LogP contribution in [-0.4, -0.2) is 37.4 Å². The highest BCUT2D eigenvalue weighted by molar-refractivity contribution is 5.43. The number of aromatic nitrogens is 1. The average molecular weight is 210 g/mol. The zero-order valence-electron chi connectivity index (χ0n) is 9.47. The van der Waals surface area contributed by atoms with Gasteiger partial charge in [0.15, 0.2) is 0 Å². The Balaban J connectivity index is 2.62. The van der Waals surface area contributed by atoms with Crippen LogP contribution in [0.4, 0.5) is 5.69 Å². The summed E-state index contributed by atoms with van der Waals surface area (Å²) in [5.74, 6) is 0.